The van der Waals surface area contributed by atoms with E-state index in [0.717, 1.165) is 25.7 Å². The van der Waals surface area contributed by atoms with E-state index < -0.39 is 0 Å². The topological polar surface area (TPSA) is 0 Å². The van der Waals surface area contributed by atoms with Gasteiger partial charge in [-0.2, -0.15) is 0 Å². The molecule has 0 spiro atoms. The summed E-state index contributed by atoms with van der Waals surface area (Å²) in [6, 6.07) is 33.7. The van der Waals surface area contributed by atoms with Gasteiger partial charge in [-0.1, -0.05) is 211 Å². The summed E-state index contributed by atoms with van der Waals surface area (Å²) in [4.78, 5) is 0. The molecule has 304 valence electrons. The van der Waals surface area contributed by atoms with Crippen LogP contribution >= 0.6 is 0 Å². The van der Waals surface area contributed by atoms with E-state index in [4.69, 9.17) is 0 Å². The Labute approximate surface area is 362 Å². The molecular weight excluding hydrogens is 721 g/mol. The minimum atomic E-state index is 0.0252. The standard InChI is InChI=1S/C46H48.C14H16/c1-8-41-37(38-15-9-11-18-42(38)45(41,4)5)17-13-14-32-22-20-30(2)35(26-32)28-36-27-33(23-21-31(36)3)34-24-25-40-39-16-10-12-19-43(39)46(6,7)44(40)29-34;1-11-4-6-12(7-5-11)13-8-9-14(2,3)10-13/h8-19,23-27,29,31H,20-22,28H2,1-7H3;4-10H,1-3H3/b14-13+,37-17-,41-8+;. The summed E-state index contributed by atoms with van der Waals surface area (Å²) in [6.45, 7) is 22.9. The van der Waals surface area contributed by atoms with Crippen LogP contribution in [0.4, 0.5) is 0 Å². The van der Waals surface area contributed by atoms with E-state index in [1.54, 1.807) is 11.1 Å². The maximum Gasteiger partial charge on any atom is 0.0159 e. The summed E-state index contributed by atoms with van der Waals surface area (Å²) in [5.41, 5.74) is 24.3. The van der Waals surface area contributed by atoms with Crippen molar-refractivity contribution in [2.45, 2.75) is 106 Å². The number of aryl methyl sites for hydroxylation is 1. The zero-order valence-corrected chi connectivity index (χ0v) is 37.8. The second-order valence-corrected chi connectivity index (χ2v) is 19.6. The molecule has 0 saturated carbocycles. The maximum absolute atomic E-state index is 2.51. The zero-order chi connectivity index (χ0) is 42.4. The monoisotopic (exact) mass is 785 g/mol. The van der Waals surface area contributed by atoms with E-state index >= 15 is 0 Å². The highest BCUT2D eigenvalue weighted by Crippen LogP contribution is 2.51. The molecule has 5 aliphatic rings. The average molecular weight is 785 g/mol. The molecule has 4 aromatic carbocycles. The first kappa shape index (κ1) is 41.3. The van der Waals surface area contributed by atoms with Gasteiger partial charge in [0, 0.05) is 16.2 Å². The van der Waals surface area contributed by atoms with Crippen molar-refractivity contribution in [1.82, 2.24) is 0 Å². The number of hydrogen-bond donors (Lipinski definition) is 0. The fraction of sp³-hybridized carbons (Fsp3) is 0.300. The Hall–Kier alpha value is -5.46. The van der Waals surface area contributed by atoms with Gasteiger partial charge < -0.3 is 0 Å². The number of allylic oxidation sites excluding steroid dienone is 18. The number of benzene rings is 4. The first-order valence-corrected chi connectivity index (χ1v) is 22.4. The van der Waals surface area contributed by atoms with Crippen LogP contribution in [0.3, 0.4) is 0 Å². The zero-order valence-electron chi connectivity index (χ0n) is 37.8. The SMILES string of the molecule is C\C=C1/C(=C\C=C\C2=CC(CC3=CC(c4ccc5c(c4)C(C)(C)c4ccccc4-5)=CCC3C)=C(C)CC2)c2ccccc2C1(C)C.Cc1ccc(C2=CC(C)(C)C=C2)cc1. The van der Waals surface area contributed by atoms with Crippen LogP contribution in [0.15, 0.2) is 180 Å². The molecule has 0 amide bonds. The first-order valence-electron chi connectivity index (χ1n) is 22.4. The Morgan fingerprint density at radius 1 is 0.683 bits per heavy atom. The van der Waals surface area contributed by atoms with Gasteiger partial charge in [0.15, 0.2) is 0 Å². The lowest BCUT2D eigenvalue weighted by atomic mass is 9.79. The smallest absolute Gasteiger partial charge is 0.0159 e. The Balaban J connectivity index is 0.000000301. The van der Waals surface area contributed by atoms with Crippen molar-refractivity contribution in [2.24, 2.45) is 11.3 Å². The molecule has 0 N–H and O–H groups in total. The van der Waals surface area contributed by atoms with Crippen LogP contribution in [0.1, 0.15) is 127 Å². The van der Waals surface area contributed by atoms with Crippen LogP contribution in [-0.4, -0.2) is 0 Å². The number of hydrogen-bond acceptors (Lipinski definition) is 0. The number of fused-ring (bicyclic) bond motifs is 4. The van der Waals surface area contributed by atoms with Gasteiger partial charge in [0.25, 0.3) is 0 Å². The van der Waals surface area contributed by atoms with Gasteiger partial charge in [-0.15, -0.1) is 0 Å². The molecule has 9 rings (SSSR count). The van der Waals surface area contributed by atoms with Gasteiger partial charge in [0.2, 0.25) is 0 Å². The van der Waals surface area contributed by atoms with Gasteiger partial charge >= 0.3 is 0 Å². The first-order chi connectivity index (χ1) is 28.7. The molecule has 0 heterocycles. The van der Waals surface area contributed by atoms with Crippen LogP contribution < -0.4 is 0 Å². The van der Waals surface area contributed by atoms with E-state index in [1.807, 2.05) is 0 Å². The molecule has 1 unspecified atom stereocenters. The number of rotatable bonds is 6. The van der Waals surface area contributed by atoms with Crippen molar-refractivity contribution < 1.29 is 0 Å². The molecular formula is C60H64. The van der Waals surface area contributed by atoms with Crippen molar-refractivity contribution >= 4 is 16.7 Å². The van der Waals surface area contributed by atoms with E-state index in [0.29, 0.717) is 5.92 Å². The Bertz CT molecular complexity index is 2620. The lowest BCUT2D eigenvalue weighted by molar-refractivity contribution is 0.637. The molecule has 0 saturated heterocycles. The van der Waals surface area contributed by atoms with Gasteiger partial charge in [0.1, 0.15) is 0 Å². The summed E-state index contributed by atoms with van der Waals surface area (Å²) in [5, 5.41) is 0. The predicted molar refractivity (Wildman–Crippen MR) is 261 cm³/mol. The molecule has 60 heavy (non-hydrogen) atoms. The van der Waals surface area contributed by atoms with E-state index in [1.165, 1.54) is 83.5 Å². The Morgan fingerprint density at radius 3 is 2.05 bits per heavy atom. The van der Waals surface area contributed by atoms with Gasteiger partial charge in [-0.05, 0) is 136 Å². The minimum absolute atomic E-state index is 0.0252. The largest absolute Gasteiger partial charge is 0.0829 e. The van der Waals surface area contributed by atoms with Crippen LogP contribution in [0, 0.1) is 18.3 Å². The van der Waals surface area contributed by atoms with Crippen molar-refractivity contribution in [3.63, 3.8) is 0 Å². The summed E-state index contributed by atoms with van der Waals surface area (Å²) >= 11 is 0. The molecule has 0 aliphatic heterocycles. The Kier molecular flexibility index (Phi) is 11.1. The highest BCUT2D eigenvalue weighted by molar-refractivity contribution is 5.90. The summed E-state index contributed by atoms with van der Waals surface area (Å²) in [5.74, 6) is 0.559. The molecule has 1 atom stereocenters. The molecule has 0 aromatic heterocycles. The van der Waals surface area contributed by atoms with Crippen LogP contribution in [-0.2, 0) is 10.8 Å². The molecule has 0 radical (unpaired) electrons. The van der Waals surface area contributed by atoms with Gasteiger partial charge in [0.05, 0.1) is 0 Å². The summed E-state index contributed by atoms with van der Waals surface area (Å²) < 4.78 is 0. The molecule has 0 nitrogen and oxygen atoms in total. The highest BCUT2D eigenvalue weighted by Gasteiger charge is 2.37. The van der Waals surface area contributed by atoms with Crippen molar-refractivity contribution in [2.75, 3.05) is 0 Å². The second-order valence-electron chi connectivity index (χ2n) is 19.6. The van der Waals surface area contributed by atoms with Crippen molar-refractivity contribution in [1.29, 1.82) is 0 Å². The van der Waals surface area contributed by atoms with Crippen LogP contribution in [0.5, 0.6) is 0 Å². The normalized spacial score (nSPS) is 21.9. The lowest BCUT2D eigenvalue weighted by Crippen LogP contribution is -2.15. The quantitative estimate of drug-likeness (QED) is 0.183. The Morgan fingerprint density at radius 2 is 1.35 bits per heavy atom. The third kappa shape index (κ3) is 7.94. The third-order valence-electron chi connectivity index (χ3n) is 14.0. The predicted octanol–water partition coefficient (Wildman–Crippen LogP) is 16.6. The lowest BCUT2D eigenvalue weighted by Gasteiger charge is -2.25. The fourth-order valence-corrected chi connectivity index (χ4v) is 10.2. The summed E-state index contributed by atoms with van der Waals surface area (Å²) in [6.07, 6.45) is 27.9. The maximum atomic E-state index is 2.51. The van der Waals surface area contributed by atoms with Crippen LogP contribution in [0.2, 0.25) is 0 Å². The molecule has 0 fully saturated rings. The van der Waals surface area contributed by atoms with Crippen LogP contribution in [0.25, 0.3) is 27.8 Å². The summed E-state index contributed by atoms with van der Waals surface area (Å²) in [7, 11) is 0. The van der Waals surface area contributed by atoms with E-state index in [-0.39, 0.29) is 16.2 Å². The molecule has 0 bridgehead atoms. The van der Waals surface area contributed by atoms with Gasteiger partial charge in [-0.25, -0.2) is 0 Å². The average Bonchev–Trinajstić information content (AvgIpc) is 3.80. The molecule has 0 heteroatoms. The highest BCUT2D eigenvalue weighted by atomic mass is 14.4. The molecule has 5 aliphatic carbocycles. The third-order valence-corrected chi connectivity index (χ3v) is 14.0. The van der Waals surface area contributed by atoms with Crippen molar-refractivity contribution in [3.05, 3.63) is 219 Å². The minimum Gasteiger partial charge on any atom is -0.0829 e. The van der Waals surface area contributed by atoms with E-state index in [2.05, 4.69) is 221 Å². The van der Waals surface area contributed by atoms with Crippen molar-refractivity contribution in [3.8, 4) is 11.1 Å². The fourth-order valence-electron chi connectivity index (χ4n) is 10.2. The molecule has 4 aromatic rings. The van der Waals surface area contributed by atoms with Gasteiger partial charge in [-0.3, -0.25) is 0 Å². The van der Waals surface area contributed by atoms with E-state index in [9.17, 15) is 0 Å². The second kappa shape index (κ2) is 16.2.